The van der Waals surface area contributed by atoms with Crippen molar-refractivity contribution in [3.8, 4) is 11.8 Å². The fourth-order valence-corrected chi connectivity index (χ4v) is 5.53. The molecule has 4 amide bonds. The van der Waals surface area contributed by atoms with Gasteiger partial charge in [0, 0.05) is 35.1 Å². The van der Waals surface area contributed by atoms with Gasteiger partial charge in [-0.1, -0.05) is 36.1 Å². The van der Waals surface area contributed by atoms with Gasteiger partial charge in [0.1, 0.15) is 23.3 Å². The molecule has 290 valence electrons. The van der Waals surface area contributed by atoms with Gasteiger partial charge >= 0.3 is 12.2 Å². The fourth-order valence-electron chi connectivity index (χ4n) is 5.53. The van der Waals surface area contributed by atoms with Gasteiger partial charge in [0.05, 0.1) is 26.2 Å². The molecule has 16 heteroatoms. The SMILES string of the molecule is CC(C)(C)OC(=O)N1CC(F)(F)CC1C(=O)NCC(=O)c1ccc(C#Cc2ccc(C(=O)CNC(=O)C3CC(F)(F)CN3C(=O)OC(C)(C)C)cc2)cc1. The Morgan fingerprint density at radius 2 is 0.944 bits per heavy atom. The molecule has 0 radical (unpaired) electrons. The summed E-state index contributed by atoms with van der Waals surface area (Å²) in [6.07, 6.45) is -3.91. The maximum absolute atomic E-state index is 14.1. The fraction of sp³-hybridized carbons (Fsp3) is 0.474. The maximum atomic E-state index is 14.1. The van der Waals surface area contributed by atoms with Crippen LogP contribution >= 0.6 is 0 Å². The Morgan fingerprint density at radius 3 is 1.24 bits per heavy atom. The highest BCUT2D eigenvalue weighted by atomic mass is 19.3. The number of Topliss-reactive ketones (excluding diaryl/α,β-unsaturated/α-hetero) is 2. The minimum atomic E-state index is -3.30. The van der Waals surface area contributed by atoms with Crippen molar-refractivity contribution in [1.82, 2.24) is 20.4 Å². The number of rotatable bonds is 8. The number of amides is 4. The zero-order valence-electron chi connectivity index (χ0n) is 30.7. The van der Waals surface area contributed by atoms with Gasteiger partial charge in [-0.15, -0.1) is 0 Å². The number of ketones is 2. The Labute approximate surface area is 309 Å². The van der Waals surface area contributed by atoms with Crippen LogP contribution in [-0.2, 0) is 19.1 Å². The second-order valence-electron chi connectivity index (χ2n) is 15.1. The molecule has 2 saturated heterocycles. The molecule has 54 heavy (non-hydrogen) atoms. The van der Waals surface area contributed by atoms with E-state index in [1.54, 1.807) is 65.8 Å². The zero-order chi connectivity index (χ0) is 40.2. The first-order chi connectivity index (χ1) is 24.9. The first kappa shape index (κ1) is 41.3. The number of carbonyl (C=O) groups is 6. The van der Waals surface area contributed by atoms with E-state index in [2.05, 4.69) is 22.5 Å². The van der Waals surface area contributed by atoms with Crippen LogP contribution in [0.1, 0.15) is 86.2 Å². The van der Waals surface area contributed by atoms with Crippen LogP contribution < -0.4 is 10.6 Å². The Morgan fingerprint density at radius 1 is 0.630 bits per heavy atom. The quantitative estimate of drug-likeness (QED) is 0.218. The molecular weight excluding hydrogens is 716 g/mol. The summed E-state index contributed by atoms with van der Waals surface area (Å²) in [6, 6.07) is 9.15. The van der Waals surface area contributed by atoms with Crippen LogP contribution in [0.4, 0.5) is 27.2 Å². The Hall–Kier alpha value is -5.46. The number of hydrogen-bond acceptors (Lipinski definition) is 8. The number of likely N-dealkylation sites (tertiary alicyclic amines) is 2. The Balaban J connectivity index is 1.28. The summed E-state index contributed by atoms with van der Waals surface area (Å²) in [5, 5.41) is 4.67. The lowest BCUT2D eigenvalue weighted by atomic mass is 10.1. The van der Waals surface area contributed by atoms with E-state index >= 15 is 0 Å². The number of nitrogens with zero attached hydrogens (tertiary/aromatic N) is 2. The number of hydrogen-bond donors (Lipinski definition) is 2. The molecule has 2 atom stereocenters. The zero-order valence-corrected chi connectivity index (χ0v) is 30.7. The summed E-state index contributed by atoms with van der Waals surface area (Å²) in [5.41, 5.74) is -0.435. The van der Waals surface area contributed by atoms with Crippen molar-refractivity contribution in [3.05, 3.63) is 70.8 Å². The van der Waals surface area contributed by atoms with Gasteiger partial charge in [0.15, 0.2) is 11.6 Å². The molecule has 0 bridgehead atoms. The summed E-state index contributed by atoms with van der Waals surface area (Å²) in [4.78, 5) is 77.2. The molecule has 12 nitrogen and oxygen atoms in total. The minimum Gasteiger partial charge on any atom is -0.444 e. The first-order valence-electron chi connectivity index (χ1n) is 17.0. The van der Waals surface area contributed by atoms with Gasteiger partial charge in [-0.3, -0.25) is 29.0 Å². The molecule has 0 aliphatic carbocycles. The van der Waals surface area contributed by atoms with Crippen LogP contribution in [0.5, 0.6) is 0 Å². The second kappa shape index (κ2) is 15.9. The van der Waals surface area contributed by atoms with E-state index < -0.39 is 110 Å². The smallest absolute Gasteiger partial charge is 0.411 e. The number of nitrogens with one attached hydrogen (secondary N) is 2. The van der Waals surface area contributed by atoms with Gasteiger partial charge in [-0.25, -0.2) is 27.2 Å². The highest BCUT2D eigenvalue weighted by Gasteiger charge is 2.52. The molecule has 2 aromatic rings. The molecule has 0 saturated carbocycles. The molecule has 2 N–H and O–H groups in total. The van der Waals surface area contributed by atoms with Gasteiger partial charge in [0.25, 0.3) is 11.8 Å². The molecule has 2 aliphatic heterocycles. The molecule has 2 aliphatic rings. The third-order valence-electron chi connectivity index (χ3n) is 8.01. The maximum Gasteiger partial charge on any atom is 0.411 e. The predicted octanol–water partition coefficient (Wildman–Crippen LogP) is 4.97. The van der Waals surface area contributed by atoms with Gasteiger partial charge < -0.3 is 20.1 Å². The van der Waals surface area contributed by atoms with E-state index in [1.165, 1.54) is 24.3 Å². The van der Waals surface area contributed by atoms with Gasteiger partial charge in [0.2, 0.25) is 11.8 Å². The van der Waals surface area contributed by atoms with Crippen molar-refractivity contribution in [3.63, 3.8) is 0 Å². The van der Waals surface area contributed by atoms with E-state index in [1.807, 2.05) is 0 Å². The van der Waals surface area contributed by atoms with Gasteiger partial charge in [-0.2, -0.15) is 0 Å². The van der Waals surface area contributed by atoms with E-state index in [0.29, 0.717) is 20.9 Å². The highest BCUT2D eigenvalue weighted by molar-refractivity contribution is 6.01. The van der Waals surface area contributed by atoms with Crippen molar-refractivity contribution in [2.24, 2.45) is 0 Å². The number of carbonyl (C=O) groups excluding carboxylic acids is 6. The monoisotopic (exact) mass is 758 g/mol. The van der Waals surface area contributed by atoms with E-state index in [9.17, 15) is 46.3 Å². The van der Waals surface area contributed by atoms with E-state index in [-0.39, 0.29) is 11.1 Å². The summed E-state index contributed by atoms with van der Waals surface area (Å²) < 4.78 is 66.9. The molecule has 0 spiro atoms. The molecule has 2 unspecified atom stereocenters. The lowest BCUT2D eigenvalue weighted by Gasteiger charge is -2.27. The number of alkyl halides is 4. The lowest BCUT2D eigenvalue weighted by Crippen LogP contribution is -2.48. The van der Waals surface area contributed by atoms with Crippen LogP contribution in [0.3, 0.4) is 0 Å². The first-order valence-corrected chi connectivity index (χ1v) is 17.0. The molecule has 2 aromatic carbocycles. The average molecular weight is 759 g/mol. The van der Waals surface area contributed by atoms with Crippen LogP contribution in [0.15, 0.2) is 48.5 Å². The van der Waals surface area contributed by atoms with E-state index in [4.69, 9.17) is 9.47 Å². The molecule has 4 rings (SSSR count). The summed E-state index contributed by atoms with van der Waals surface area (Å²) in [5.74, 6) is -3.60. The summed E-state index contributed by atoms with van der Waals surface area (Å²) >= 11 is 0. The summed E-state index contributed by atoms with van der Waals surface area (Å²) in [6.45, 7) is 6.45. The second-order valence-corrected chi connectivity index (χ2v) is 15.1. The van der Waals surface area contributed by atoms with Crippen molar-refractivity contribution in [2.75, 3.05) is 26.2 Å². The number of ether oxygens (including phenoxy) is 2. The summed E-state index contributed by atoms with van der Waals surface area (Å²) in [7, 11) is 0. The van der Waals surface area contributed by atoms with Crippen LogP contribution in [0, 0.1) is 11.8 Å². The van der Waals surface area contributed by atoms with Crippen molar-refractivity contribution in [1.29, 1.82) is 0 Å². The van der Waals surface area contributed by atoms with Crippen LogP contribution in [0.25, 0.3) is 0 Å². The van der Waals surface area contributed by atoms with Crippen molar-refractivity contribution >= 4 is 35.6 Å². The standard InChI is InChI=1S/C38H42F4N4O8/c1-35(2,3)53-33(51)45-21-37(39,40)17-27(45)31(49)43-19-29(47)25-13-9-23(10-14-25)7-8-24-11-15-26(16-12-24)30(48)20-44-32(50)28-18-38(41,42)22-46(28)34(52)54-36(4,5)6/h9-16,27-28H,17-22H2,1-6H3,(H,43,49)(H,44,50). The molecule has 0 aromatic heterocycles. The lowest BCUT2D eigenvalue weighted by molar-refractivity contribution is -0.126. The number of benzene rings is 2. The normalized spacial score (nSPS) is 18.9. The Bertz CT molecular complexity index is 1710. The minimum absolute atomic E-state index is 0.218. The topological polar surface area (TPSA) is 151 Å². The number of halogens is 4. The third-order valence-corrected chi connectivity index (χ3v) is 8.01. The third kappa shape index (κ3) is 11.5. The molecule has 2 fully saturated rings. The van der Waals surface area contributed by atoms with Gasteiger partial charge in [-0.05, 0) is 65.8 Å². The van der Waals surface area contributed by atoms with Crippen molar-refractivity contribution < 1.29 is 55.8 Å². The molecule has 2 heterocycles. The molecular formula is C38H42F4N4O8. The van der Waals surface area contributed by atoms with E-state index in [0.717, 1.165) is 0 Å². The van der Waals surface area contributed by atoms with Crippen LogP contribution in [-0.4, -0.2) is 107 Å². The largest absolute Gasteiger partial charge is 0.444 e. The predicted molar refractivity (Wildman–Crippen MR) is 186 cm³/mol. The average Bonchev–Trinajstić information content (AvgIpc) is 3.59. The van der Waals surface area contributed by atoms with Crippen molar-refractivity contribution in [2.45, 2.75) is 89.5 Å². The Kier molecular flexibility index (Phi) is 12.1. The van der Waals surface area contributed by atoms with Crippen LogP contribution in [0.2, 0.25) is 0 Å². The highest BCUT2D eigenvalue weighted by Crippen LogP contribution is 2.34.